The van der Waals surface area contributed by atoms with Crippen LogP contribution in [0, 0.1) is 0 Å². The molecule has 106 valence electrons. The first-order valence-corrected chi connectivity index (χ1v) is 9.14. The molecule has 1 amide bonds. The molecule has 1 aromatic carbocycles. The summed E-state index contributed by atoms with van der Waals surface area (Å²) in [4.78, 5) is 18.6. The molecular weight excluding hydrogens is 320 g/mol. The molecule has 1 N–H and O–H groups in total. The number of aromatic nitrogens is 1. The predicted molar refractivity (Wildman–Crippen MR) is 93.4 cm³/mol. The van der Waals surface area contributed by atoms with Crippen LogP contribution in [-0.4, -0.2) is 17.1 Å². The Morgan fingerprint density at radius 1 is 1.33 bits per heavy atom. The molecular formula is C15H12N2OS3. The topological polar surface area (TPSA) is 42.0 Å². The molecule has 0 spiro atoms. The lowest BCUT2D eigenvalue weighted by Gasteiger charge is -1.95. The Kier molecular flexibility index (Phi) is 4.38. The number of benzene rings is 1. The second-order valence-corrected chi connectivity index (χ2v) is 7.02. The van der Waals surface area contributed by atoms with E-state index in [4.69, 9.17) is 0 Å². The summed E-state index contributed by atoms with van der Waals surface area (Å²) >= 11 is 4.75. The minimum atomic E-state index is -0.159. The van der Waals surface area contributed by atoms with Gasteiger partial charge in [-0.05, 0) is 35.9 Å². The maximum absolute atomic E-state index is 11.9. The van der Waals surface area contributed by atoms with Crippen molar-refractivity contribution in [2.75, 3.05) is 11.6 Å². The highest BCUT2D eigenvalue weighted by atomic mass is 32.2. The number of rotatable bonds is 4. The number of anilines is 1. The zero-order valence-corrected chi connectivity index (χ0v) is 13.6. The summed E-state index contributed by atoms with van der Waals surface area (Å²) in [7, 11) is 0. The second-order valence-electron chi connectivity index (χ2n) is 4.16. The van der Waals surface area contributed by atoms with Crippen LogP contribution in [0.5, 0.6) is 0 Å². The van der Waals surface area contributed by atoms with E-state index in [1.165, 1.54) is 17.4 Å². The Hall–Kier alpha value is -1.63. The first kappa shape index (κ1) is 14.3. The molecule has 0 saturated carbocycles. The molecule has 0 aliphatic rings. The largest absolute Gasteiger partial charge is 0.298 e. The van der Waals surface area contributed by atoms with Crippen molar-refractivity contribution >= 4 is 61.8 Å². The maximum Gasteiger partial charge on any atom is 0.250 e. The van der Waals surface area contributed by atoms with Gasteiger partial charge in [0.05, 0.1) is 10.2 Å². The second kappa shape index (κ2) is 6.43. The van der Waals surface area contributed by atoms with E-state index in [-0.39, 0.29) is 5.91 Å². The summed E-state index contributed by atoms with van der Waals surface area (Å²) in [5.74, 6) is -0.159. The number of para-hydroxylation sites is 1. The number of carbonyl (C=O) groups is 1. The SMILES string of the molecule is CSc1cccc2sc(NC(=O)C=Cc3cccs3)nc12. The fourth-order valence-electron chi connectivity index (χ4n) is 1.83. The first-order valence-electron chi connectivity index (χ1n) is 6.22. The van der Waals surface area contributed by atoms with Crippen LogP contribution in [0.2, 0.25) is 0 Å². The molecule has 21 heavy (non-hydrogen) atoms. The molecule has 0 aliphatic carbocycles. The summed E-state index contributed by atoms with van der Waals surface area (Å²) in [5, 5.41) is 5.44. The number of thiophene rings is 1. The minimum Gasteiger partial charge on any atom is -0.298 e. The Labute approximate surface area is 134 Å². The van der Waals surface area contributed by atoms with Crippen molar-refractivity contribution in [3.05, 3.63) is 46.7 Å². The summed E-state index contributed by atoms with van der Waals surface area (Å²) in [6.45, 7) is 0. The van der Waals surface area contributed by atoms with Crippen molar-refractivity contribution in [2.45, 2.75) is 4.90 Å². The van der Waals surface area contributed by atoms with Crippen LogP contribution in [0.1, 0.15) is 4.88 Å². The fraction of sp³-hybridized carbons (Fsp3) is 0.0667. The van der Waals surface area contributed by atoms with Gasteiger partial charge in [0.15, 0.2) is 5.13 Å². The summed E-state index contributed by atoms with van der Waals surface area (Å²) in [5.41, 5.74) is 0.951. The molecule has 0 aliphatic heterocycles. The Balaban J connectivity index is 1.77. The molecule has 3 aromatic rings. The number of hydrogen-bond acceptors (Lipinski definition) is 5. The molecule has 0 atom stereocenters. The van der Waals surface area contributed by atoms with Gasteiger partial charge in [0.2, 0.25) is 5.91 Å². The van der Waals surface area contributed by atoms with Crippen LogP contribution in [0.3, 0.4) is 0 Å². The van der Waals surface area contributed by atoms with Gasteiger partial charge in [0, 0.05) is 15.8 Å². The number of fused-ring (bicyclic) bond motifs is 1. The quantitative estimate of drug-likeness (QED) is 0.554. The molecule has 0 bridgehead atoms. The molecule has 3 nitrogen and oxygen atoms in total. The van der Waals surface area contributed by atoms with Gasteiger partial charge in [-0.3, -0.25) is 10.1 Å². The molecule has 0 unspecified atom stereocenters. The van der Waals surface area contributed by atoms with E-state index in [1.807, 2.05) is 42.0 Å². The Bertz CT molecular complexity index is 790. The molecule has 6 heteroatoms. The summed E-state index contributed by atoms with van der Waals surface area (Å²) in [6.07, 6.45) is 5.37. The van der Waals surface area contributed by atoms with E-state index >= 15 is 0 Å². The predicted octanol–water partition coefficient (Wildman–Crippen LogP) is 4.73. The fourth-order valence-corrected chi connectivity index (χ4v) is 3.97. The highest BCUT2D eigenvalue weighted by molar-refractivity contribution is 7.98. The number of hydrogen-bond donors (Lipinski definition) is 1. The Morgan fingerprint density at radius 2 is 2.24 bits per heavy atom. The van der Waals surface area contributed by atoms with Crippen LogP contribution in [0.25, 0.3) is 16.3 Å². The molecule has 0 saturated heterocycles. The molecule has 2 aromatic heterocycles. The van der Waals surface area contributed by atoms with Gasteiger partial charge in [-0.1, -0.05) is 23.5 Å². The third-order valence-corrected chi connectivity index (χ3v) is 5.32. The van der Waals surface area contributed by atoms with E-state index in [9.17, 15) is 4.79 Å². The van der Waals surface area contributed by atoms with Crippen molar-refractivity contribution in [1.29, 1.82) is 0 Å². The number of thioether (sulfide) groups is 1. The lowest BCUT2D eigenvalue weighted by Crippen LogP contribution is -2.07. The van der Waals surface area contributed by atoms with Crippen LogP contribution < -0.4 is 5.32 Å². The van der Waals surface area contributed by atoms with Gasteiger partial charge in [-0.15, -0.1) is 23.1 Å². The van der Waals surface area contributed by atoms with Crippen molar-refractivity contribution in [3.63, 3.8) is 0 Å². The van der Waals surface area contributed by atoms with Crippen molar-refractivity contribution in [3.8, 4) is 0 Å². The third-order valence-electron chi connectivity index (χ3n) is 2.77. The molecule has 2 heterocycles. The standard InChI is InChI=1S/C15H12N2OS3/c1-19-11-5-2-6-12-14(11)17-15(21-12)16-13(18)8-7-10-4-3-9-20-10/h2-9H,1H3,(H,16,17,18). The van der Waals surface area contributed by atoms with Crippen LogP contribution >= 0.6 is 34.4 Å². The van der Waals surface area contributed by atoms with Gasteiger partial charge in [0.1, 0.15) is 0 Å². The van der Waals surface area contributed by atoms with Gasteiger partial charge >= 0.3 is 0 Å². The lowest BCUT2D eigenvalue weighted by molar-refractivity contribution is -0.111. The highest BCUT2D eigenvalue weighted by Gasteiger charge is 2.08. The van der Waals surface area contributed by atoms with Crippen LogP contribution in [0.4, 0.5) is 5.13 Å². The zero-order valence-electron chi connectivity index (χ0n) is 11.2. The van der Waals surface area contributed by atoms with Crippen molar-refractivity contribution in [1.82, 2.24) is 4.98 Å². The van der Waals surface area contributed by atoms with Gasteiger partial charge < -0.3 is 0 Å². The van der Waals surface area contributed by atoms with E-state index in [0.29, 0.717) is 5.13 Å². The van der Waals surface area contributed by atoms with Gasteiger partial charge in [0.25, 0.3) is 0 Å². The summed E-state index contributed by atoms with van der Waals surface area (Å²) in [6, 6.07) is 9.99. The first-order chi connectivity index (χ1) is 10.3. The normalized spacial score (nSPS) is 11.3. The van der Waals surface area contributed by atoms with Gasteiger partial charge in [-0.25, -0.2) is 4.98 Å². The van der Waals surface area contributed by atoms with Crippen molar-refractivity contribution < 1.29 is 4.79 Å². The minimum absolute atomic E-state index is 0.159. The van der Waals surface area contributed by atoms with Gasteiger partial charge in [-0.2, -0.15) is 0 Å². The summed E-state index contributed by atoms with van der Waals surface area (Å²) < 4.78 is 1.08. The average molecular weight is 332 g/mol. The van der Waals surface area contributed by atoms with E-state index < -0.39 is 0 Å². The average Bonchev–Trinajstić information content (AvgIpc) is 3.13. The van der Waals surface area contributed by atoms with Crippen molar-refractivity contribution in [2.24, 2.45) is 0 Å². The molecule has 0 radical (unpaired) electrons. The zero-order chi connectivity index (χ0) is 14.7. The molecule has 0 fully saturated rings. The highest BCUT2D eigenvalue weighted by Crippen LogP contribution is 2.32. The monoisotopic (exact) mass is 332 g/mol. The molecule has 3 rings (SSSR count). The maximum atomic E-state index is 11.9. The van der Waals surface area contributed by atoms with Crippen LogP contribution in [-0.2, 0) is 4.79 Å². The number of nitrogens with one attached hydrogen (secondary N) is 1. The smallest absolute Gasteiger partial charge is 0.250 e. The number of nitrogens with zero attached hydrogens (tertiary/aromatic N) is 1. The van der Waals surface area contributed by atoms with E-state index in [2.05, 4.69) is 10.3 Å². The van der Waals surface area contributed by atoms with Crippen LogP contribution in [0.15, 0.2) is 46.7 Å². The Morgan fingerprint density at radius 3 is 3.00 bits per heavy atom. The number of amides is 1. The van der Waals surface area contributed by atoms with E-state index in [0.717, 1.165) is 20.0 Å². The number of carbonyl (C=O) groups excluding carboxylic acids is 1. The number of thiazole rings is 1. The lowest BCUT2D eigenvalue weighted by atomic mass is 10.3. The third kappa shape index (κ3) is 3.34. The van der Waals surface area contributed by atoms with E-state index in [1.54, 1.807) is 29.2 Å².